The number of fused-ring (bicyclic) bond motifs is 1. The molecule has 2 amide bonds. The van der Waals surface area contributed by atoms with Gasteiger partial charge in [0.1, 0.15) is 17.6 Å². The first-order valence-electron chi connectivity index (χ1n) is 12.2. The molecule has 0 N–H and O–H groups in total. The lowest BCUT2D eigenvalue weighted by molar-refractivity contribution is -0.130. The average molecular weight is 573 g/mol. The Bertz CT molecular complexity index is 1680. The summed E-state index contributed by atoms with van der Waals surface area (Å²) in [6.45, 7) is 2.14. The fourth-order valence-electron chi connectivity index (χ4n) is 4.77. The molecular weight excluding hydrogens is 551 g/mol. The largest absolute Gasteiger partial charge is 0.341 e. The van der Waals surface area contributed by atoms with Crippen molar-refractivity contribution in [2.24, 2.45) is 4.99 Å². The minimum atomic E-state index is -0.671. The van der Waals surface area contributed by atoms with Crippen molar-refractivity contribution in [3.05, 3.63) is 105 Å². The molecular formula is C29H22BrFN4O3. The number of amides is 2. The van der Waals surface area contributed by atoms with Gasteiger partial charge in [-0.2, -0.15) is 5.10 Å². The Morgan fingerprint density at radius 3 is 2.55 bits per heavy atom. The first-order chi connectivity index (χ1) is 18.4. The molecule has 0 spiro atoms. The second-order valence-corrected chi connectivity index (χ2v) is 10.2. The summed E-state index contributed by atoms with van der Waals surface area (Å²) in [5, 5.41) is 6.27. The molecule has 38 heavy (non-hydrogen) atoms. The second-order valence-electron chi connectivity index (χ2n) is 9.26. The van der Waals surface area contributed by atoms with Crippen LogP contribution in [0.15, 0.2) is 82.4 Å². The molecule has 7 nitrogen and oxygen atoms in total. The van der Waals surface area contributed by atoms with E-state index in [1.165, 1.54) is 18.2 Å². The van der Waals surface area contributed by atoms with E-state index in [0.29, 0.717) is 35.1 Å². The van der Waals surface area contributed by atoms with E-state index in [9.17, 15) is 14.0 Å². The van der Waals surface area contributed by atoms with Gasteiger partial charge in [-0.1, -0.05) is 28.1 Å². The Kier molecular flexibility index (Phi) is 6.25. The van der Waals surface area contributed by atoms with Gasteiger partial charge in [-0.25, -0.2) is 14.1 Å². The fraction of sp³-hybridized carbons (Fsp3) is 0.172. The highest BCUT2D eigenvalue weighted by Gasteiger charge is 2.40. The van der Waals surface area contributed by atoms with Crippen LogP contribution >= 0.6 is 15.9 Å². The van der Waals surface area contributed by atoms with Crippen molar-refractivity contribution in [1.29, 1.82) is 0 Å². The Hall–Kier alpha value is -3.95. The number of carbonyl (C=O) groups is 2. The maximum absolute atomic E-state index is 13.7. The van der Waals surface area contributed by atoms with E-state index in [2.05, 4.69) is 20.9 Å². The van der Waals surface area contributed by atoms with E-state index in [1.807, 2.05) is 48.7 Å². The molecule has 0 aliphatic carbocycles. The lowest BCUT2D eigenvalue weighted by atomic mass is 10.1. The third kappa shape index (κ3) is 4.59. The standard InChI is InChI=1S/C29H22BrFN4O3/c1-17-28(37)34(13-12-18-2-3-20-15-26(36)32-25(20)14-18)29(38-17)24-16-35(23-10-6-21(30)7-11-23)33-27(24)19-4-8-22(31)9-5-19/h2-11,14-17,29H,12-13H2,1H3/t17-,29+/m0/s1. The number of benzene rings is 3. The minimum absolute atomic E-state index is 0.120. The third-order valence-electron chi connectivity index (χ3n) is 6.71. The van der Waals surface area contributed by atoms with E-state index in [0.717, 1.165) is 20.9 Å². The summed E-state index contributed by atoms with van der Waals surface area (Å²) in [7, 11) is 0. The molecule has 0 saturated carbocycles. The predicted molar refractivity (Wildman–Crippen MR) is 142 cm³/mol. The van der Waals surface area contributed by atoms with Crippen molar-refractivity contribution in [2.75, 3.05) is 6.54 Å². The van der Waals surface area contributed by atoms with Crippen molar-refractivity contribution in [3.63, 3.8) is 0 Å². The van der Waals surface area contributed by atoms with Crippen LogP contribution in [0.1, 0.15) is 24.3 Å². The molecule has 3 aromatic carbocycles. The van der Waals surface area contributed by atoms with E-state index < -0.39 is 12.3 Å². The molecule has 4 aromatic rings. The monoisotopic (exact) mass is 572 g/mol. The summed E-state index contributed by atoms with van der Waals surface area (Å²) in [6.07, 6.45) is 2.63. The van der Waals surface area contributed by atoms with E-state index >= 15 is 0 Å². The number of ether oxygens (including phenoxy) is 1. The van der Waals surface area contributed by atoms with Gasteiger partial charge in [-0.15, -0.1) is 0 Å². The number of rotatable bonds is 6. The van der Waals surface area contributed by atoms with Crippen LogP contribution in [0.25, 0.3) is 23.0 Å². The van der Waals surface area contributed by atoms with Gasteiger partial charge in [0.2, 0.25) is 0 Å². The molecule has 1 fully saturated rings. The van der Waals surface area contributed by atoms with Crippen LogP contribution in [0.4, 0.5) is 4.39 Å². The molecule has 9 heteroatoms. The Morgan fingerprint density at radius 2 is 1.79 bits per heavy atom. The number of halogens is 2. The van der Waals surface area contributed by atoms with Crippen LogP contribution in [0, 0.1) is 5.82 Å². The molecule has 2 aliphatic heterocycles. The Morgan fingerprint density at radius 1 is 1.03 bits per heavy atom. The fourth-order valence-corrected chi connectivity index (χ4v) is 5.03. The Labute approximate surface area is 226 Å². The number of hydrogen-bond acceptors (Lipinski definition) is 4. The van der Waals surface area contributed by atoms with Gasteiger partial charge in [0, 0.05) is 39.6 Å². The maximum Gasteiger partial charge on any atom is 0.270 e. The minimum Gasteiger partial charge on any atom is -0.341 e. The van der Waals surface area contributed by atoms with Crippen molar-refractivity contribution in [3.8, 4) is 16.9 Å². The van der Waals surface area contributed by atoms with Gasteiger partial charge < -0.3 is 9.64 Å². The second kappa shape index (κ2) is 9.74. The Balaban J connectivity index is 1.36. The SMILES string of the molecule is C[C@@H]1O[C@H](c2cn(-c3ccc(Br)cc3)nc2-c2ccc(F)cc2)N(CCc2ccc3c(c2)=NC(=O)C=3)C1=O. The molecule has 1 saturated heterocycles. The van der Waals surface area contributed by atoms with Gasteiger partial charge in [-0.3, -0.25) is 9.59 Å². The van der Waals surface area contributed by atoms with Gasteiger partial charge in [0.25, 0.3) is 11.8 Å². The first kappa shape index (κ1) is 24.4. The van der Waals surface area contributed by atoms with Gasteiger partial charge in [0.15, 0.2) is 6.23 Å². The van der Waals surface area contributed by atoms with E-state index in [-0.39, 0.29) is 17.6 Å². The molecule has 3 heterocycles. The average Bonchev–Trinajstić information content (AvgIpc) is 3.58. The van der Waals surface area contributed by atoms with Crippen molar-refractivity contribution in [2.45, 2.75) is 25.7 Å². The lowest BCUT2D eigenvalue weighted by Crippen LogP contribution is -2.32. The van der Waals surface area contributed by atoms with Crippen LogP contribution in [0.5, 0.6) is 0 Å². The molecule has 0 bridgehead atoms. The van der Waals surface area contributed by atoms with Crippen LogP contribution < -0.4 is 10.6 Å². The first-order valence-corrected chi connectivity index (χ1v) is 13.0. The van der Waals surface area contributed by atoms with E-state index in [1.54, 1.807) is 28.6 Å². The van der Waals surface area contributed by atoms with Gasteiger partial charge in [-0.05, 0) is 73.5 Å². The highest BCUT2D eigenvalue weighted by atomic mass is 79.9. The number of nitrogens with zero attached hydrogens (tertiary/aromatic N) is 4. The highest BCUT2D eigenvalue weighted by molar-refractivity contribution is 9.10. The quantitative estimate of drug-likeness (QED) is 0.351. The summed E-state index contributed by atoms with van der Waals surface area (Å²) >= 11 is 3.46. The van der Waals surface area contributed by atoms with Crippen LogP contribution in [0.2, 0.25) is 0 Å². The molecule has 1 aromatic heterocycles. The number of hydrogen-bond donors (Lipinski definition) is 0. The summed E-state index contributed by atoms with van der Waals surface area (Å²) in [6, 6.07) is 19.5. The zero-order valence-corrected chi connectivity index (χ0v) is 21.9. The highest BCUT2D eigenvalue weighted by Crippen LogP contribution is 2.37. The number of aromatic nitrogens is 2. The molecule has 0 radical (unpaired) electrons. The van der Waals surface area contributed by atoms with Crippen LogP contribution in [-0.4, -0.2) is 39.1 Å². The topological polar surface area (TPSA) is 76.8 Å². The summed E-state index contributed by atoms with van der Waals surface area (Å²) in [5.74, 6) is -0.721. The van der Waals surface area contributed by atoms with E-state index in [4.69, 9.17) is 9.84 Å². The van der Waals surface area contributed by atoms with Crippen molar-refractivity contribution < 1.29 is 18.7 Å². The molecule has 190 valence electrons. The summed E-state index contributed by atoms with van der Waals surface area (Å²) in [4.78, 5) is 30.6. The number of carbonyl (C=O) groups excluding carboxylic acids is 2. The van der Waals surface area contributed by atoms with Crippen LogP contribution in [0.3, 0.4) is 0 Å². The predicted octanol–water partition coefficient (Wildman–Crippen LogP) is 3.87. The molecule has 2 atom stereocenters. The van der Waals surface area contributed by atoms with Gasteiger partial charge in [0.05, 0.1) is 11.0 Å². The molecule has 2 aliphatic rings. The molecule has 6 rings (SSSR count). The van der Waals surface area contributed by atoms with Crippen LogP contribution in [-0.2, 0) is 20.7 Å². The lowest BCUT2D eigenvalue weighted by Gasteiger charge is -2.23. The smallest absolute Gasteiger partial charge is 0.270 e. The summed E-state index contributed by atoms with van der Waals surface area (Å²) in [5.41, 5.74) is 3.83. The maximum atomic E-state index is 13.7. The van der Waals surface area contributed by atoms with Gasteiger partial charge >= 0.3 is 0 Å². The van der Waals surface area contributed by atoms with Crippen molar-refractivity contribution in [1.82, 2.24) is 14.7 Å². The zero-order valence-electron chi connectivity index (χ0n) is 20.3. The summed E-state index contributed by atoms with van der Waals surface area (Å²) < 4.78 is 22.6. The molecule has 0 unspecified atom stereocenters. The van der Waals surface area contributed by atoms with Crippen molar-refractivity contribution >= 4 is 33.8 Å². The zero-order chi connectivity index (χ0) is 26.4. The normalized spacial score (nSPS) is 18.4. The third-order valence-corrected chi connectivity index (χ3v) is 7.24.